The zero-order valence-corrected chi connectivity index (χ0v) is 16.8. The molecular weight excluding hydrogens is 400 g/mol. The number of hydrogen-bond acceptors (Lipinski definition) is 3. The number of anilines is 1. The van der Waals surface area contributed by atoms with Crippen molar-refractivity contribution in [3.63, 3.8) is 0 Å². The van der Waals surface area contributed by atoms with Crippen molar-refractivity contribution < 1.29 is 9.72 Å². The summed E-state index contributed by atoms with van der Waals surface area (Å²) in [6.45, 7) is 2.00. The molecule has 5 nitrogen and oxygen atoms in total. The summed E-state index contributed by atoms with van der Waals surface area (Å²) >= 11 is 6.40. The van der Waals surface area contributed by atoms with Crippen molar-refractivity contribution in [1.29, 1.82) is 0 Å². The number of amides is 1. The maximum Gasteiger partial charge on any atom is 0.269 e. The van der Waals surface area contributed by atoms with Gasteiger partial charge in [0.2, 0.25) is 0 Å². The van der Waals surface area contributed by atoms with Gasteiger partial charge in [0.15, 0.2) is 0 Å². The Morgan fingerprint density at radius 1 is 0.967 bits per heavy atom. The SMILES string of the molecule is Cc1ccc(C2=C/C(=C\c3ccc([N+](=O)[O-])cc3)C(=O)N2c2ccccc2Cl)cc1. The number of non-ortho nitro benzene ring substituents is 1. The van der Waals surface area contributed by atoms with Gasteiger partial charge in [-0.1, -0.05) is 53.6 Å². The highest BCUT2D eigenvalue weighted by Gasteiger charge is 2.31. The highest BCUT2D eigenvalue weighted by atomic mass is 35.5. The van der Waals surface area contributed by atoms with Gasteiger partial charge in [0, 0.05) is 17.7 Å². The molecule has 0 atom stereocenters. The molecule has 1 amide bonds. The van der Waals surface area contributed by atoms with Gasteiger partial charge in [-0.2, -0.15) is 0 Å². The fourth-order valence-corrected chi connectivity index (χ4v) is 3.52. The summed E-state index contributed by atoms with van der Waals surface area (Å²) in [4.78, 5) is 25.3. The van der Waals surface area contributed by atoms with Crippen molar-refractivity contribution in [3.8, 4) is 0 Å². The molecule has 3 aromatic rings. The number of rotatable bonds is 4. The second kappa shape index (κ2) is 7.97. The second-order valence-corrected chi connectivity index (χ2v) is 7.34. The third-order valence-corrected chi connectivity index (χ3v) is 5.17. The van der Waals surface area contributed by atoms with E-state index in [1.54, 1.807) is 35.2 Å². The standard InChI is InChI=1S/C24H17ClN2O3/c1-16-6-10-18(11-7-16)23-15-19(14-17-8-12-20(13-9-17)27(29)30)24(28)26(23)22-5-3-2-4-21(22)25/h2-15H,1H3/b19-14+. The van der Waals surface area contributed by atoms with Crippen LogP contribution in [0.1, 0.15) is 16.7 Å². The summed E-state index contributed by atoms with van der Waals surface area (Å²) in [5, 5.41) is 11.3. The van der Waals surface area contributed by atoms with E-state index in [0.29, 0.717) is 21.8 Å². The van der Waals surface area contributed by atoms with Crippen LogP contribution in [0.3, 0.4) is 0 Å². The number of benzene rings is 3. The quantitative estimate of drug-likeness (QED) is 0.296. The molecule has 3 aromatic carbocycles. The smallest absolute Gasteiger partial charge is 0.269 e. The average Bonchev–Trinajstić information content (AvgIpc) is 3.05. The lowest BCUT2D eigenvalue weighted by Gasteiger charge is -2.22. The Morgan fingerprint density at radius 2 is 1.63 bits per heavy atom. The summed E-state index contributed by atoms with van der Waals surface area (Å²) in [7, 11) is 0. The zero-order chi connectivity index (χ0) is 21.3. The third kappa shape index (κ3) is 3.75. The van der Waals surface area contributed by atoms with Crippen molar-refractivity contribution in [2.45, 2.75) is 6.92 Å². The molecule has 0 fully saturated rings. The normalized spacial score (nSPS) is 14.9. The number of hydrogen-bond donors (Lipinski definition) is 0. The molecule has 1 heterocycles. The maximum absolute atomic E-state index is 13.3. The van der Waals surface area contributed by atoms with E-state index in [-0.39, 0.29) is 11.6 Å². The summed E-state index contributed by atoms with van der Waals surface area (Å²) < 4.78 is 0. The molecule has 0 unspecified atom stereocenters. The number of para-hydroxylation sites is 1. The second-order valence-electron chi connectivity index (χ2n) is 6.94. The number of nitro groups is 1. The Balaban J connectivity index is 1.80. The van der Waals surface area contributed by atoms with E-state index in [0.717, 1.165) is 16.8 Å². The number of carbonyl (C=O) groups excluding carboxylic acids is 1. The van der Waals surface area contributed by atoms with Crippen molar-refractivity contribution in [3.05, 3.63) is 116 Å². The van der Waals surface area contributed by atoms with Gasteiger partial charge in [-0.15, -0.1) is 0 Å². The molecule has 1 aliphatic rings. The zero-order valence-electron chi connectivity index (χ0n) is 16.1. The average molecular weight is 417 g/mol. The first kappa shape index (κ1) is 19.6. The first-order valence-corrected chi connectivity index (χ1v) is 9.66. The molecule has 0 spiro atoms. The van der Waals surface area contributed by atoms with Gasteiger partial charge >= 0.3 is 0 Å². The van der Waals surface area contributed by atoms with Crippen LogP contribution >= 0.6 is 11.6 Å². The molecule has 0 bridgehead atoms. The van der Waals surface area contributed by atoms with Gasteiger partial charge < -0.3 is 0 Å². The van der Waals surface area contributed by atoms with Crippen LogP contribution in [-0.4, -0.2) is 10.8 Å². The minimum Gasteiger partial charge on any atom is -0.275 e. The maximum atomic E-state index is 13.3. The van der Waals surface area contributed by atoms with Crippen LogP contribution in [0.2, 0.25) is 5.02 Å². The van der Waals surface area contributed by atoms with Crippen molar-refractivity contribution in [2.75, 3.05) is 4.90 Å². The number of nitrogens with zero attached hydrogens (tertiary/aromatic N) is 2. The molecule has 6 heteroatoms. The molecule has 0 saturated carbocycles. The molecule has 0 saturated heterocycles. The predicted molar refractivity (Wildman–Crippen MR) is 119 cm³/mol. The van der Waals surface area contributed by atoms with Gasteiger partial charge in [0.05, 0.1) is 21.3 Å². The summed E-state index contributed by atoms with van der Waals surface area (Å²) in [5.41, 5.74) is 4.51. The molecular formula is C24H17ClN2O3. The Bertz CT molecular complexity index is 1200. The van der Waals surface area contributed by atoms with Crippen LogP contribution in [0.15, 0.2) is 84.4 Å². The van der Waals surface area contributed by atoms with Gasteiger partial charge in [0.25, 0.3) is 11.6 Å². The largest absolute Gasteiger partial charge is 0.275 e. The van der Waals surface area contributed by atoms with Crippen LogP contribution in [0.25, 0.3) is 11.8 Å². The first-order valence-electron chi connectivity index (χ1n) is 9.28. The van der Waals surface area contributed by atoms with E-state index >= 15 is 0 Å². The van der Waals surface area contributed by atoms with Crippen LogP contribution in [-0.2, 0) is 4.79 Å². The van der Waals surface area contributed by atoms with E-state index in [1.165, 1.54) is 12.1 Å². The minimum atomic E-state index is -0.452. The van der Waals surface area contributed by atoms with E-state index < -0.39 is 4.92 Å². The summed E-state index contributed by atoms with van der Waals surface area (Å²) in [5.74, 6) is -0.211. The van der Waals surface area contributed by atoms with Crippen molar-refractivity contribution in [1.82, 2.24) is 0 Å². The monoisotopic (exact) mass is 416 g/mol. The van der Waals surface area contributed by atoms with Crippen LogP contribution < -0.4 is 4.90 Å². The molecule has 0 aromatic heterocycles. The Hall–Kier alpha value is -3.70. The van der Waals surface area contributed by atoms with Crippen LogP contribution in [0.5, 0.6) is 0 Å². The van der Waals surface area contributed by atoms with E-state index in [4.69, 9.17) is 11.6 Å². The van der Waals surface area contributed by atoms with Crippen molar-refractivity contribution in [2.24, 2.45) is 0 Å². The number of carbonyl (C=O) groups is 1. The van der Waals surface area contributed by atoms with Crippen LogP contribution in [0, 0.1) is 17.0 Å². The highest BCUT2D eigenvalue weighted by molar-refractivity contribution is 6.35. The lowest BCUT2D eigenvalue weighted by Crippen LogP contribution is -2.25. The highest BCUT2D eigenvalue weighted by Crippen LogP contribution is 2.38. The Labute approximate surface area is 178 Å². The fourth-order valence-electron chi connectivity index (χ4n) is 3.30. The first-order chi connectivity index (χ1) is 14.4. The van der Waals surface area contributed by atoms with Gasteiger partial charge in [0.1, 0.15) is 0 Å². The molecule has 1 aliphatic heterocycles. The summed E-state index contributed by atoms with van der Waals surface area (Å²) in [6, 6.07) is 21.2. The third-order valence-electron chi connectivity index (χ3n) is 4.85. The van der Waals surface area contributed by atoms with E-state index in [2.05, 4.69) is 0 Å². The van der Waals surface area contributed by atoms with Gasteiger partial charge in [-0.3, -0.25) is 19.8 Å². The predicted octanol–water partition coefficient (Wildman–Crippen LogP) is 6.03. The van der Waals surface area contributed by atoms with Gasteiger partial charge in [-0.05, 0) is 54.5 Å². The molecule has 30 heavy (non-hydrogen) atoms. The lowest BCUT2D eigenvalue weighted by atomic mass is 10.1. The van der Waals surface area contributed by atoms with Crippen LogP contribution in [0.4, 0.5) is 11.4 Å². The molecule has 148 valence electrons. The number of halogens is 1. The molecule has 0 N–H and O–H groups in total. The molecule has 4 rings (SSSR count). The summed E-state index contributed by atoms with van der Waals surface area (Å²) in [6.07, 6.45) is 3.54. The van der Waals surface area contributed by atoms with Gasteiger partial charge in [-0.25, -0.2) is 0 Å². The lowest BCUT2D eigenvalue weighted by molar-refractivity contribution is -0.384. The Kier molecular flexibility index (Phi) is 5.21. The number of nitro benzene ring substituents is 1. The number of aryl methyl sites for hydroxylation is 1. The van der Waals surface area contributed by atoms with Crippen molar-refractivity contribution >= 4 is 40.7 Å². The topological polar surface area (TPSA) is 63.5 Å². The van der Waals surface area contributed by atoms with E-state index in [9.17, 15) is 14.9 Å². The molecule has 0 aliphatic carbocycles. The minimum absolute atomic E-state index is 0.00322. The molecule has 0 radical (unpaired) electrons. The Morgan fingerprint density at radius 3 is 2.27 bits per heavy atom. The van der Waals surface area contributed by atoms with E-state index in [1.807, 2.05) is 49.4 Å². The fraction of sp³-hybridized carbons (Fsp3) is 0.0417.